The van der Waals surface area contributed by atoms with Crippen molar-refractivity contribution >= 4 is 22.8 Å². The number of benzene rings is 1. The Hall–Kier alpha value is -2.27. The van der Waals surface area contributed by atoms with E-state index in [2.05, 4.69) is 9.97 Å². The molecule has 108 valence electrons. The number of phenols is 1. The Kier molecular flexibility index (Phi) is 3.22. The minimum Gasteiger partial charge on any atom is -0.507 e. The summed E-state index contributed by atoms with van der Waals surface area (Å²) >= 11 is 5.95. The third kappa shape index (κ3) is 2.19. The average Bonchev–Trinajstić information content (AvgIpc) is 2.74. The number of aryl methyl sites for hydroxylation is 2. The van der Waals surface area contributed by atoms with E-state index in [1.54, 1.807) is 19.2 Å². The molecule has 0 unspecified atom stereocenters. The Bertz CT molecular complexity index is 819. The maximum Gasteiger partial charge on any atom is 0.215 e. The number of aromatic hydroxyl groups is 1. The van der Waals surface area contributed by atoms with Gasteiger partial charge < -0.3 is 14.4 Å². The lowest BCUT2D eigenvalue weighted by Crippen LogP contribution is -1.95. The average molecular weight is 304 g/mol. The molecule has 1 N–H and O–H groups in total. The molecule has 0 spiro atoms. The molecule has 0 saturated carbocycles. The number of pyridine rings is 1. The zero-order valence-corrected chi connectivity index (χ0v) is 12.6. The monoisotopic (exact) mass is 303 g/mol. The molecule has 0 aliphatic rings. The second kappa shape index (κ2) is 4.93. The number of hydrogen-bond acceptors (Lipinski definition) is 4. The third-order valence-electron chi connectivity index (χ3n) is 3.43. The molecule has 2 aromatic heterocycles. The van der Waals surface area contributed by atoms with E-state index in [0.717, 1.165) is 11.1 Å². The van der Waals surface area contributed by atoms with Crippen LogP contribution in [-0.2, 0) is 7.05 Å². The van der Waals surface area contributed by atoms with Crippen molar-refractivity contribution in [2.45, 2.75) is 6.92 Å². The standard InChI is InChI=1S/C15H14ClN3O2/c1-8-6-9(16)7-11(20)13(8)15-18-14-10(19(15)2)4-5-12(17-14)21-3/h4-7,20H,1-3H3. The summed E-state index contributed by atoms with van der Waals surface area (Å²) in [5.74, 6) is 1.24. The number of phenolic OH excluding ortho intramolecular Hbond substituents is 1. The molecule has 6 heteroatoms. The third-order valence-corrected chi connectivity index (χ3v) is 3.65. The zero-order chi connectivity index (χ0) is 15.1. The minimum absolute atomic E-state index is 0.102. The summed E-state index contributed by atoms with van der Waals surface area (Å²) in [5, 5.41) is 10.7. The fourth-order valence-electron chi connectivity index (χ4n) is 2.41. The van der Waals surface area contributed by atoms with Crippen LogP contribution in [0, 0.1) is 6.92 Å². The number of rotatable bonds is 2. The molecule has 0 aliphatic heterocycles. The lowest BCUT2D eigenvalue weighted by Gasteiger charge is -2.09. The van der Waals surface area contributed by atoms with Crippen LogP contribution < -0.4 is 4.74 Å². The Morgan fingerprint density at radius 3 is 2.67 bits per heavy atom. The van der Waals surface area contributed by atoms with Gasteiger partial charge in [-0.2, -0.15) is 4.98 Å². The molecule has 5 nitrogen and oxygen atoms in total. The van der Waals surface area contributed by atoms with Crippen LogP contribution in [-0.4, -0.2) is 26.8 Å². The molecule has 21 heavy (non-hydrogen) atoms. The first-order valence-corrected chi connectivity index (χ1v) is 6.76. The highest BCUT2D eigenvalue weighted by Crippen LogP contribution is 2.35. The van der Waals surface area contributed by atoms with Crippen LogP contribution in [0.4, 0.5) is 0 Å². The lowest BCUT2D eigenvalue weighted by atomic mass is 10.1. The van der Waals surface area contributed by atoms with E-state index in [4.69, 9.17) is 16.3 Å². The highest BCUT2D eigenvalue weighted by Gasteiger charge is 2.17. The quantitative estimate of drug-likeness (QED) is 0.789. The second-order valence-corrected chi connectivity index (χ2v) is 5.24. The Morgan fingerprint density at radius 2 is 2.00 bits per heavy atom. The van der Waals surface area contributed by atoms with Crippen LogP contribution in [0.3, 0.4) is 0 Å². The van der Waals surface area contributed by atoms with Crippen LogP contribution in [0.25, 0.3) is 22.6 Å². The van der Waals surface area contributed by atoms with E-state index >= 15 is 0 Å². The zero-order valence-electron chi connectivity index (χ0n) is 11.9. The molecule has 2 heterocycles. The molecular weight excluding hydrogens is 290 g/mol. The van der Waals surface area contributed by atoms with Gasteiger partial charge in [0.05, 0.1) is 18.2 Å². The van der Waals surface area contributed by atoms with E-state index in [9.17, 15) is 5.11 Å². The van der Waals surface area contributed by atoms with Crippen molar-refractivity contribution in [2.75, 3.05) is 7.11 Å². The van der Waals surface area contributed by atoms with Crippen molar-refractivity contribution < 1.29 is 9.84 Å². The first-order chi connectivity index (χ1) is 10.0. The number of nitrogens with zero attached hydrogens (tertiary/aromatic N) is 3. The van der Waals surface area contributed by atoms with Crippen LogP contribution in [0.2, 0.25) is 5.02 Å². The predicted octanol–water partition coefficient (Wildman–Crippen LogP) is 3.31. The van der Waals surface area contributed by atoms with Gasteiger partial charge in [-0.25, -0.2) is 4.98 Å². The summed E-state index contributed by atoms with van der Waals surface area (Å²) in [7, 11) is 3.44. The number of halogens is 1. The number of methoxy groups -OCH3 is 1. The number of hydrogen-bond donors (Lipinski definition) is 1. The van der Waals surface area contributed by atoms with Gasteiger partial charge in [0.1, 0.15) is 11.6 Å². The molecule has 1 aromatic carbocycles. The fourth-order valence-corrected chi connectivity index (χ4v) is 2.68. The molecule has 0 bridgehead atoms. The second-order valence-electron chi connectivity index (χ2n) is 4.81. The van der Waals surface area contributed by atoms with E-state index < -0.39 is 0 Å². The van der Waals surface area contributed by atoms with E-state index in [1.807, 2.05) is 24.6 Å². The molecule has 0 aliphatic carbocycles. The van der Waals surface area contributed by atoms with Crippen molar-refractivity contribution in [1.82, 2.24) is 14.5 Å². The number of aromatic nitrogens is 3. The van der Waals surface area contributed by atoms with Gasteiger partial charge >= 0.3 is 0 Å². The van der Waals surface area contributed by atoms with Gasteiger partial charge in [0.25, 0.3) is 0 Å². The smallest absolute Gasteiger partial charge is 0.215 e. The number of fused-ring (bicyclic) bond motifs is 1. The number of imidazole rings is 1. The van der Waals surface area contributed by atoms with E-state index in [1.165, 1.54) is 6.07 Å². The number of ether oxygens (including phenoxy) is 1. The maximum absolute atomic E-state index is 10.2. The SMILES string of the molecule is COc1ccc2c(n1)nc(-c1c(C)cc(Cl)cc1O)n2C. The molecule has 0 radical (unpaired) electrons. The minimum atomic E-state index is 0.102. The van der Waals surface area contributed by atoms with Crippen LogP contribution >= 0.6 is 11.6 Å². The predicted molar refractivity (Wildman–Crippen MR) is 81.9 cm³/mol. The highest BCUT2D eigenvalue weighted by molar-refractivity contribution is 6.31. The van der Waals surface area contributed by atoms with Crippen molar-refractivity contribution in [3.05, 3.63) is 34.9 Å². The first kappa shape index (κ1) is 13.7. The summed E-state index contributed by atoms with van der Waals surface area (Å²) in [6, 6.07) is 6.98. The van der Waals surface area contributed by atoms with Gasteiger partial charge in [-0.05, 0) is 30.7 Å². The van der Waals surface area contributed by atoms with Crippen LogP contribution in [0.5, 0.6) is 11.6 Å². The van der Waals surface area contributed by atoms with Crippen LogP contribution in [0.15, 0.2) is 24.3 Å². The van der Waals surface area contributed by atoms with E-state index in [0.29, 0.717) is 27.9 Å². The molecule has 0 fully saturated rings. The summed E-state index contributed by atoms with van der Waals surface area (Å²) in [4.78, 5) is 8.83. The molecule has 0 atom stereocenters. The summed E-state index contributed by atoms with van der Waals surface area (Å²) < 4.78 is 7.00. The first-order valence-electron chi connectivity index (χ1n) is 6.38. The van der Waals surface area contributed by atoms with Gasteiger partial charge in [-0.3, -0.25) is 0 Å². The fraction of sp³-hybridized carbons (Fsp3) is 0.200. The Morgan fingerprint density at radius 1 is 1.24 bits per heavy atom. The highest BCUT2D eigenvalue weighted by atomic mass is 35.5. The Labute approximate surface area is 126 Å². The van der Waals surface area contributed by atoms with Crippen molar-refractivity contribution in [3.63, 3.8) is 0 Å². The maximum atomic E-state index is 10.2. The Balaban J connectivity index is 2.28. The van der Waals surface area contributed by atoms with Crippen LogP contribution in [0.1, 0.15) is 5.56 Å². The van der Waals surface area contributed by atoms with E-state index in [-0.39, 0.29) is 5.75 Å². The van der Waals surface area contributed by atoms with Crippen molar-refractivity contribution in [2.24, 2.45) is 7.05 Å². The molecule has 3 aromatic rings. The lowest BCUT2D eigenvalue weighted by molar-refractivity contribution is 0.399. The van der Waals surface area contributed by atoms with Gasteiger partial charge in [0.15, 0.2) is 5.65 Å². The van der Waals surface area contributed by atoms with Gasteiger partial charge in [0.2, 0.25) is 5.88 Å². The van der Waals surface area contributed by atoms with Gasteiger partial charge in [-0.15, -0.1) is 0 Å². The van der Waals surface area contributed by atoms with Gasteiger partial charge in [0, 0.05) is 18.1 Å². The molecule has 0 amide bonds. The normalized spacial score (nSPS) is 11.0. The summed E-state index contributed by atoms with van der Waals surface area (Å²) in [6.45, 7) is 1.88. The topological polar surface area (TPSA) is 60.2 Å². The summed E-state index contributed by atoms with van der Waals surface area (Å²) in [5.41, 5.74) is 2.93. The van der Waals surface area contributed by atoms with Crippen molar-refractivity contribution in [3.8, 4) is 23.0 Å². The van der Waals surface area contributed by atoms with Gasteiger partial charge in [-0.1, -0.05) is 11.6 Å². The molecular formula is C15H14ClN3O2. The molecule has 0 saturated heterocycles. The molecule has 3 rings (SSSR count). The van der Waals surface area contributed by atoms with Crippen molar-refractivity contribution in [1.29, 1.82) is 0 Å². The largest absolute Gasteiger partial charge is 0.507 e. The summed E-state index contributed by atoms with van der Waals surface area (Å²) in [6.07, 6.45) is 0.